The predicted molar refractivity (Wildman–Crippen MR) is 70.9 cm³/mol. The minimum atomic E-state index is -0.902. The molecule has 6 nitrogen and oxygen atoms in total. The quantitative estimate of drug-likeness (QED) is 0.780. The molecule has 19 heavy (non-hydrogen) atoms. The third-order valence-corrected chi connectivity index (χ3v) is 4.24. The Labute approximate surface area is 113 Å². The van der Waals surface area contributed by atoms with Gasteiger partial charge in [-0.1, -0.05) is 6.92 Å². The Kier molecular flexibility index (Phi) is 4.29. The van der Waals surface area contributed by atoms with E-state index in [1.807, 2.05) is 6.92 Å². The van der Waals surface area contributed by atoms with Crippen molar-refractivity contribution < 1.29 is 14.7 Å². The summed E-state index contributed by atoms with van der Waals surface area (Å²) in [5, 5.41) is 12.1. The smallest absolute Gasteiger partial charge is 0.326 e. The van der Waals surface area contributed by atoms with Crippen LogP contribution in [0.3, 0.4) is 0 Å². The Morgan fingerprint density at radius 3 is 2.63 bits per heavy atom. The number of hydrogen-bond acceptors (Lipinski definition) is 3. The van der Waals surface area contributed by atoms with Crippen molar-refractivity contribution in [2.75, 3.05) is 33.2 Å². The van der Waals surface area contributed by atoms with Crippen LogP contribution < -0.4 is 5.32 Å². The highest BCUT2D eigenvalue weighted by Gasteiger charge is 2.39. The molecule has 3 atom stereocenters. The summed E-state index contributed by atoms with van der Waals surface area (Å²) < 4.78 is 0. The summed E-state index contributed by atoms with van der Waals surface area (Å²) in [6.07, 6.45) is 1.85. The number of aliphatic carboxylic acids is 1. The van der Waals surface area contributed by atoms with Crippen molar-refractivity contribution in [2.24, 2.45) is 11.8 Å². The second kappa shape index (κ2) is 5.77. The van der Waals surface area contributed by atoms with E-state index in [1.54, 1.807) is 0 Å². The number of likely N-dealkylation sites (tertiary alicyclic amines) is 2. The lowest BCUT2D eigenvalue weighted by molar-refractivity contribution is -0.142. The number of urea groups is 1. The molecule has 2 aliphatic heterocycles. The van der Waals surface area contributed by atoms with Crippen molar-refractivity contribution in [2.45, 2.75) is 25.8 Å². The molecule has 0 radical (unpaired) electrons. The summed E-state index contributed by atoms with van der Waals surface area (Å²) in [4.78, 5) is 27.0. The molecule has 108 valence electrons. The Morgan fingerprint density at radius 1 is 1.32 bits per heavy atom. The first-order chi connectivity index (χ1) is 8.99. The summed E-state index contributed by atoms with van der Waals surface area (Å²) in [6.45, 7) is 5.13. The first-order valence-electron chi connectivity index (χ1n) is 6.95. The Hall–Kier alpha value is -1.30. The van der Waals surface area contributed by atoms with E-state index in [0.29, 0.717) is 19.0 Å². The van der Waals surface area contributed by atoms with E-state index < -0.39 is 12.0 Å². The van der Waals surface area contributed by atoms with E-state index in [1.165, 1.54) is 4.90 Å². The average Bonchev–Trinajstić information content (AvgIpc) is 2.92. The molecule has 2 amide bonds. The van der Waals surface area contributed by atoms with Crippen LogP contribution in [0.5, 0.6) is 0 Å². The van der Waals surface area contributed by atoms with Gasteiger partial charge in [-0.25, -0.2) is 9.59 Å². The predicted octanol–water partition coefficient (Wildman–Crippen LogP) is 0.443. The van der Waals surface area contributed by atoms with Gasteiger partial charge in [0, 0.05) is 19.6 Å². The third kappa shape index (κ3) is 3.18. The van der Waals surface area contributed by atoms with Crippen LogP contribution in [0.4, 0.5) is 4.79 Å². The molecule has 3 unspecified atom stereocenters. The molecule has 2 saturated heterocycles. The maximum absolute atomic E-state index is 12.1. The average molecular weight is 269 g/mol. The fraction of sp³-hybridized carbons (Fsp3) is 0.846. The van der Waals surface area contributed by atoms with Crippen molar-refractivity contribution in [3.8, 4) is 0 Å². The number of carbonyl (C=O) groups is 2. The van der Waals surface area contributed by atoms with Crippen LogP contribution in [-0.2, 0) is 4.79 Å². The number of carbonyl (C=O) groups excluding carboxylic acids is 1. The van der Waals surface area contributed by atoms with Crippen LogP contribution in [0.2, 0.25) is 0 Å². The van der Waals surface area contributed by atoms with Gasteiger partial charge in [-0.2, -0.15) is 0 Å². The zero-order valence-corrected chi connectivity index (χ0v) is 11.6. The number of nitrogens with zero attached hydrogens (tertiary/aromatic N) is 2. The van der Waals surface area contributed by atoms with Crippen LogP contribution in [-0.4, -0.2) is 66.2 Å². The molecular formula is C13H23N3O3. The molecule has 0 aromatic heterocycles. The molecule has 2 rings (SSSR count). The van der Waals surface area contributed by atoms with Crippen molar-refractivity contribution >= 4 is 12.0 Å². The van der Waals surface area contributed by atoms with Crippen LogP contribution in [0.15, 0.2) is 0 Å². The van der Waals surface area contributed by atoms with Crippen molar-refractivity contribution in [1.82, 2.24) is 15.1 Å². The largest absolute Gasteiger partial charge is 0.480 e. The molecule has 2 aliphatic rings. The second-order valence-electron chi connectivity index (χ2n) is 5.85. The lowest BCUT2D eigenvalue weighted by atomic mass is 10.0. The van der Waals surface area contributed by atoms with Crippen LogP contribution in [0.1, 0.15) is 19.8 Å². The highest BCUT2D eigenvalue weighted by atomic mass is 16.4. The second-order valence-corrected chi connectivity index (χ2v) is 5.85. The van der Waals surface area contributed by atoms with Crippen LogP contribution in [0.25, 0.3) is 0 Å². The topological polar surface area (TPSA) is 72.9 Å². The van der Waals surface area contributed by atoms with Gasteiger partial charge in [-0.3, -0.25) is 0 Å². The van der Waals surface area contributed by atoms with Crippen molar-refractivity contribution in [3.05, 3.63) is 0 Å². The lowest BCUT2D eigenvalue weighted by Crippen LogP contribution is -2.48. The zero-order chi connectivity index (χ0) is 14.0. The zero-order valence-electron chi connectivity index (χ0n) is 11.6. The molecule has 0 saturated carbocycles. The fourth-order valence-corrected chi connectivity index (χ4v) is 3.08. The van der Waals surface area contributed by atoms with E-state index in [4.69, 9.17) is 0 Å². The summed E-state index contributed by atoms with van der Waals surface area (Å²) >= 11 is 0. The van der Waals surface area contributed by atoms with Gasteiger partial charge in [0.05, 0.1) is 0 Å². The standard InChI is InChI=1S/C13H23N3O3/c1-9-3-6-16(11(9)12(17)18)13(19)14-7-10-4-5-15(2)8-10/h9-11H,3-8H2,1-2H3,(H,14,19)(H,17,18). The van der Waals surface area contributed by atoms with Gasteiger partial charge >= 0.3 is 12.0 Å². The highest BCUT2D eigenvalue weighted by Crippen LogP contribution is 2.24. The maximum Gasteiger partial charge on any atom is 0.326 e. The van der Waals surface area contributed by atoms with E-state index in [2.05, 4.69) is 17.3 Å². The van der Waals surface area contributed by atoms with Crippen LogP contribution >= 0.6 is 0 Å². The Bertz CT molecular complexity index is 361. The van der Waals surface area contributed by atoms with E-state index in [-0.39, 0.29) is 11.9 Å². The summed E-state index contributed by atoms with van der Waals surface area (Å²) in [6, 6.07) is -0.905. The fourth-order valence-electron chi connectivity index (χ4n) is 3.08. The molecule has 0 aromatic carbocycles. The van der Waals surface area contributed by atoms with Gasteiger partial charge in [0.15, 0.2) is 0 Å². The molecule has 0 bridgehead atoms. The molecule has 0 spiro atoms. The first kappa shape index (κ1) is 14.1. The summed E-state index contributed by atoms with van der Waals surface area (Å²) in [5.74, 6) is -0.390. The molecule has 2 fully saturated rings. The Morgan fingerprint density at radius 2 is 2.05 bits per heavy atom. The molecule has 6 heteroatoms. The van der Waals surface area contributed by atoms with E-state index in [0.717, 1.165) is 25.9 Å². The van der Waals surface area contributed by atoms with Gasteiger partial charge in [-0.15, -0.1) is 0 Å². The molecule has 2 heterocycles. The van der Waals surface area contributed by atoms with E-state index >= 15 is 0 Å². The minimum absolute atomic E-state index is 0.0286. The van der Waals surface area contributed by atoms with Gasteiger partial charge in [-0.05, 0) is 38.3 Å². The molecule has 0 aliphatic carbocycles. The third-order valence-electron chi connectivity index (χ3n) is 4.24. The number of amides is 2. The highest BCUT2D eigenvalue weighted by molar-refractivity contribution is 5.83. The van der Waals surface area contributed by atoms with E-state index in [9.17, 15) is 14.7 Å². The number of rotatable bonds is 3. The summed E-state index contributed by atoms with van der Waals surface area (Å²) in [7, 11) is 2.07. The SMILES string of the molecule is CC1CCN(C(=O)NCC2CCN(C)C2)C1C(=O)O. The number of nitrogens with one attached hydrogen (secondary N) is 1. The van der Waals surface area contributed by atoms with Gasteiger partial charge in [0.2, 0.25) is 0 Å². The Balaban J connectivity index is 1.84. The normalized spacial score (nSPS) is 31.7. The number of hydrogen-bond donors (Lipinski definition) is 2. The molecular weight excluding hydrogens is 246 g/mol. The number of carboxylic acid groups (broad SMARTS) is 1. The van der Waals surface area contributed by atoms with Crippen molar-refractivity contribution in [1.29, 1.82) is 0 Å². The molecule has 2 N–H and O–H groups in total. The lowest BCUT2D eigenvalue weighted by Gasteiger charge is -2.24. The monoisotopic (exact) mass is 269 g/mol. The van der Waals surface area contributed by atoms with Crippen molar-refractivity contribution in [3.63, 3.8) is 0 Å². The number of carboxylic acids is 1. The first-order valence-corrected chi connectivity index (χ1v) is 6.95. The van der Waals surface area contributed by atoms with Crippen LogP contribution in [0, 0.1) is 11.8 Å². The van der Waals surface area contributed by atoms with Gasteiger partial charge in [0.1, 0.15) is 6.04 Å². The summed E-state index contributed by atoms with van der Waals surface area (Å²) in [5.41, 5.74) is 0. The maximum atomic E-state index is 12.1. The minimum Gasteiger partial charge on any atom is -0.480 e. The van der Waals surface area contributed by atoms with Gasteiger partial charge in [0.25, 0.3) is 0 Å². The van der Waals surface area contributed by atoms with Gasteiger partial charge < -0.3 is 20.2 Å². The molecule has 0 aromatic rings.